The van der Waals surface area contributed by atoms with Crippen LogP contribution in [0.1, 0.15) is 10.9 Å². The van der Waals surface area contributed by atoms with Gasteiger partial charge in [0, 0.05) is 34.4 Å². The van der Waals surface area contributed by atoms with Gasteiger partial charge >= 0.3 is 0 Å². The molecule has 6 heteroatoms. The van der Waals surface area contributed by atoms with Crippen molar-refractivity contribution in [3.8, 4) is 0 Å². The summed E-state index contributed by atoms with van der Waals surface area (Å²) in [6.45, 7) is 1.68. The highest BCUT2D eigenvalue weighted by molar-refractivity contribution is 9.10. The first kappa shape index (κ1) is 14.1. The van der Waals surface area contributed by atoms with Crippen LogP contribution in [0.15, 0.2) is 15.9 Å². The number of hydrogen-bond acceptors (Lipinski definition) is 5. The molecule has 4 nitrogen and oxygen atoms in total. The molecular formula is C10H17BrN2O2S. The fourth-order valence-electron chi connectivity index (χ4n) is 1.63. The Morgan fingerprint density at radius 3 is 2.38 bits per heavy atom. The molecule has 0 saturated carbocycles. The lowest BCUT2D eigenvalue weighted by Crippen LogP contribution is -2.37. The molecule has 0 aliphatic carbocycles. The van der Waals surface area contributed by atoms with Crippen molar-refractivity contribution < 1.29 is 10.2 Å². The zero-order valence-electron chi connectivity index (χ0n) is 8.97. The van der Waals surface area contributed by atoms with Gasteiger partial charge in [-0.1, -0.05) is 0 Å². The van der Waals surface area contributed by atoms with Crippen molar-refractivity contribution in [2.75, 3.05) is 32.8 Å². The van der Waals surface area contributed by atoms with Crippen LogP contribution in [0.25, 0.3) is 0 Å². The molecule has 0 bridgehead atoms. The molecule has 1 unspecified atom stereocenters. The van der Waals surface area contributed by atoms with E-state index in [9.17, 15) is 0 Å². The molecule has 1 atom stereocenters. The maximum absolute atomic E-state index is 8.99. The van der Waals surface area contributed by atoms with Crippen LogP contribution in [0.2, 0.25) is 0 Å². The van der Waals surface area contributed by atoms with Gasteiger partial charge in [0.1, 0.15) is 0 Å². The highest BCUT2D eigenvalue weighted by atomic mass is 79.9. The van der Waals surface area contributed by atoms with E-state index in [-0.39, 0.29) is 19.3 Å². The zero-order valence-corrected chi connectivity index (χ0v) is 11.4. The number of aliphatic hydroxyl groups is 2. The molecule has 0 saturated heterocycles. The average molecular weight is 309 g/mol. The van der Waals surface area contributed by atoms with E-state index in [1.807, 2.05) is 16.3 Å². The van der Waals surface area contributed by atoms with E-state index in [0.717, 1.165) is 9.35 Å². The van der Waals surface area contributed by atoms with Crippen molar-refractivity contribution in [2.45, 2.75) is 6.04 Å². The fourth-order valence-corrected chi connectivity index (χ4v) is 3.22. The van der Waals surface area contributed by atoms with Gasteiger partial charge in [0.15, 0.2) is 0 Å². The third kappa shape index (κ3) is 3.80. The summed E-state index contributed by atoms with van der Waals surface area (Å²) >= 11 is 5.04. The standard InChI is InChI=1S/C10H17BrN2O2S/c11-8-5-10(16-7-8)9(6-12)13(1-3-14)2-4-15/h5,7,9,14-15H,1-4,6,12H2. The van der Waals surface area contributed by atoms with Crippen molar-refractivity contribution in [1.29, 1.82) is 0 Å². The van der Waals surface area contributed by atoms with Crippen molar-refractivity contribution in [3.63, 3.8) is 0 Å². The van der Waals surface area contributed by atoms with E-state index in [4.69, 9.17) is 15.9 Å². The van der Waals surface area contributed by atoms with Gasteiger partial charge < -0.3 is 15.9 Å². The number of thiophene rings is 1. The van der Waals surface area contributed by atoms with E-state index in [2.05, 4.69) is 15.9 Å². The van der Waals surface area contributed by atoms with Gasteiger partial charge in [0.2, 0.25) is 0 Å². The van der Waals surface area contributed by atoms with Crippen molar-refractivity contribution >= 4 is 27.3 Å². The van der Waals surface area contributed by atoms with E-state index < -0.39 is 0 Å². The van der Waals surface area contributed by atoms with Crippen LogP contribution >= 0.6 is 27.3 Å². The third-order valence-corrected chi connectivity index (χ3v) is 4.15. The number of aliphatic hydroxyl groups excluding tert-OH is 2. The number of rotatable bonds is 7. The fraction of sp³-hybridized carbons (Fsp3) is 0.600. The summed E-state index contributed by atoms with van der Waals surface area (Å²) in [5.41, 5.74) is 5.76. The van der Waals surface area contributed by atoms with Gasteiger partial charge in [-0.25, -0.2) is 0 Å². The van der Waals surface area contributed by atoms with E-state index in [0.29, 0.717) is 19.6 Å². The molecule has 0 fully saturated rings. The average Bonchev–Trinajstić information content (AvgIpc) is 2.67. The Morgan fingerprint density at radius 1 is 1.38 bits per heavy atom. The molecular weight excluding hydrogens is 292 g/mol. The van der Waals surface area contributed by atoms with Crippen LogP contribution in [0.4, 0.5) is 0 Å². The molecule has 0 amide bonds. The molecule has 0 radical (unpaired) electrons. The zero-order chi connectivity index (χ0) is 12.0. The molecule has 1 heterocycles. The lowest BCUT2D eigenvalue weighted by molar-refractivity contribution is 0.126. The van der Waals surface area contributed by atoms with Crippen molar-refractivity contribution in [1.82, 2.24) is 4.90 Å². The number of halogens is 1. The first-order chi connectivity index (χ1) is 7.72. The monoisotopic (exact) mass is 308 g/mol. The maximum Gasteiger partial charge on any atom is 0.0566 e. The molecule has 4 N–H and O–H groups in total. The molecule has 1 aromatic rings. The quantitative estimate of drug-likeness (QED) is 0.697. The van der Waals surface area contributed by atoms with Crippen LogP contribution in [0.3, 0.4) is 0 Å². The van der Waals surface area contributed by atoms with Crippen molar-refractivity contribution in [2.24, 2.45) is 5.73 Å². The molecule has 16 heavy (non-hydrogen) atoms. The summed E-state index contributed by atoms with van der Waals surface area (Å²) in [5, 5.41) is 20.0. The largest absolute Gasteiger partial charge is 0.395 e. The maximum atomic E-state index is 8.99. The number of hydrogen-bond donors (Lipinski definition) is 3. The van der Waals surface area contributed by atoms with Gasteiger partial charge in [0.25, 0.3) is 0 Å². The summed E-state index contributed by atoms with van der Waals surface area (Å²) in [5.74, 6) is 0. The highest BCUT2D eigenvalue weighted by Crippen LogP contribution is 2.28. The van der Waals surface area contributed by atoms with Gasteiger partial charge in [-0.15, -0.1) is 11.3 Å². The first-order valence-electron chi connectivity index (χ1n) is 5.12. The highest BCUT2D eigenvalue weighted by Gasteiger charge is 2.19. The summed E-state index contributed by atoms with van der Waals surface area (Å²) in [4.78, 5) is 3.15. The lowest BCUT2D eigenvalue weighted by atomic mass is 10.2. The van der Waals surface area contributed by atoms with Crippen LogP contribution < -0.4 is 5.73 Å². The molecule has 0 aromatic carbocycles. The first-order valence-corrected chi connectivity index (χ1v) is 6.80. The topological polar surface area (TPSA) is 69.7 Å². The predicted molar refractivity (Wildman–Crippen MR) is 69.6 cm³/mol. The minimum Gasteiger partial charge on any atom is -0.395 e. The molecule has 1 rings (SSSR count). The second kappa shape index (κ2) is 7.37. The Hall–Kier alpha value is 0.0200. The second-order valence-corrected chi connectivity index (χ2v) is 5.26. The molecule has 92 valence electrons. The van der Waals surface area contributed by atoms with Gasteiger partial charge in [-0.05, 0) is 22.0 Å². The summed E-state index contributed by atoms with van der Waals surface area (Å²) < 4.78 is 1.04. The summed E-state index contributed by atoms with van der Waals surface area (Å²) in [6, 6.07) is 2.10. The Kier molecular flexibility index (Phi) is 6.48. The Bertz CT molecular complexity index is 303. The van der Waals surface area contributed by atoms with Gasteiger partial charge in [-0.2, -0.15) is 0 Å². The van der Waals surface area contributed by atoms with Gasteiger partial charge in [0.05, 0.1) is 19.3 Å². The Labute approximate surface area is 108 Å². The smallest absolute Gasteiger partial charge is 0.0566 e. The minimum atomic E-state index is 0.0654. The van der Waals surface area contributed by atoms with Crippen molar-refractivity contribution in [3.05, 3.63) is 20.8 Å². The van der Waals surface area contributed by atoms with Crippen LogP contribution in [-0.4, -0.2) is 48.0 Å². The van der Waals surface area contributed by atoms with E-state index in [1.165, 1.54) is 0 Å². The lowest BCUT2D eigenvalue weighted by Gasteiger charge is -2.28. The normalized spacial score (nSPS) is 13.3. The minimum absolute atomic E-state index is 0.0654. The predicted octanol–water partition coefficient (Wildman–Crippen LogP) is 0.797. The summed E-state index contributed by atoms with van der Waals surface area (Å²) in [6.07, 6.45) is 0. The van der Waals surface area contributed by atoms with Gasteiger partial charge in [-0.3, -0.25) is 4.90 Å². The number of nitrogens with zero attached hydrogens (tertiary/aromatic N) is 1. The van der Waals surface area contributed by atoms with Crippen LogP contribution in [-0.2, 0) is 0 Å². The second-order valence-electron chi connectivity index (χ2n) is 3.40. The van der Waals surface area contributed by atoms with E-state index >= 15 is 0 Å². The third-order valence-electron chi connectivity index (χ3n) is 2.35. The van der Waals surface area contributed by atoms with Crippen LogP contribution in [0, 0.1) is 0 Å². The Morgan fingerprint density at radius 2 is 2.00 bits per heavy atom. The molecule has 1 aromatic heterocycles. The van der Waals surface area contributed by atoms with Crippen LogP contribution in [0.5, 0.6) is 0 Å². The Balaban J connectivity index is 2.76. The summed E-state index contributed by atoms with van der Waals surface area (Å²) in [7, 11) is 0. The number of nitrogens with two attached hydrogens (primary N) is 1. The SMILES string of the molecule is NCC(c1cc(Br)cs1)N(CCO)CCO. The molecule has 0 aliphatic rings. The molecule has 0 spiro atoms. The molecule has 0 aliphatic heterocycles. The van der Waals surface area contributed by atoms with E-state index in [1.54, 1.807) is 11.3 Å².